The lowest BCUT2D eigenvalue weighted by Gasteiger charge is -2.29. The van der Waals surface area contributed by atoms with Gasteiger partial charge in [0, 0.05) is 46.6 Å². The third kappa shape index (κ3) is 5.57. The van der Waals surface area contributed by atoms with Gasteiger partial charge < -0.3 is 20.3 Å². The highest BCUT2D eigenvalue weighted by Gasteiger charge is 2.19. The fourth-order valence-electron chi connectivity index (χ4n) is 3.87. The maximum atomic E-state index is 13.1. The fourth-order valence-corrected chi connectivity index (χ4v) is 4.36. The maximum Gasteiger partial charge on any atom is 0.254 e. The molecule has 0 radical (unpaired) electrons. The molecule has 31 heavy (non-hydrogen) atoms. The number of piperidine rings is 1. The van der Waals surface area contributed by atoms with Gasteiger partial charge in [-0.15, -0.1) is 0 Å². The summed E-state index contributed by atoms with van der Waals surface area (Å²) in [5.74, 6) is -0.0960. The highest BCUT2D eigenvalue weighted by Crippen LogP contribution is 2.27. The van der Waals surface area contributed by atoms with Crippen molar-refractivity contribution in [1.29, 1.82) is 0 Å². The van der Waals surface area contributed by atoms with Gasteiger partial charge in [-0.2, -0.15) is 0 Å². The molecule has 0 spiro atoms. The van der Waals surface area contributed by atoms with E-state index in [1.165, 1.54) is 0 Å². The smallest absolute Gasteiger partial charge is 0.254 e. The molecule has 1 aliphatic rings. The number of benzene rings is 2. The summed E-state index contributed by atoms with van der Waals surface area (Å²) in [7, 11) is 0. The molecule has 3 N–H and O–H groups in total. The number of aromatic nitrogens is 1. The summed E-state index contributed by atoms with van der Waals surface area (Å²) in [6.07, 6.45) is 5.30. The summed E-state index contributed by atoms with van der Waals surface area (Å²) in [6.45, 7) is 3.08. The molecule has 162 valence electrons. The van der Waals surface area contributed by atoms with Crippen LogP contribution >= 0.6 is 27.5 Å². The van der Waals surface area contributed by atoms with E-state index < -0.39 is 0 Å². The van der Waals surface area contributed by atoms with Gasteiger partial charge in [0.25, 0.3) is 5.91 Å². The van der Waals surface area contributed by atoms with E-state index in [0.717, 1.165) is 59.1 Å². The molecule has 0 unspecified atom stereocenters. The third-order valence-corrected chi connectivity index (χ3v) is 6.35. The van der Waals surface area contributed by atoms with Gasteiger partial charge in [0.1, 0.15) is 0 Å². The highest BCUT2D eigenvalue weighted by molar-refractivity contribution is 9.10. The Hall–Kier alpha value is -2.12. The molecule has 1 saturated heterocycles. The maximum absolute atomic E-state index is 13.1. The van der Waals surface area contributed by atoms with E-state index in [-0.39, 0.29) is 12.0 Å². The molecular formula is C24H25BrClN3O2. The Morgan fingerprint density at radius 2 is 1.94 bits per heavy atom. The number of H-pyrrole nitrogens is 1. The number of likely N-dealkylation sites (tertiary alicyclic amines) is 1. The van der Waals surface area contributed by atoms with Crippen LogP contribution in [0.5, 0.6) is 0 Å². The average Bonchev–Trinajstić information content (AvgIpc) is 3.12. The predicted octanol–water partition coefficient (Wildman–Crippen LogP) is 4.94. The van der Waals surface area contributed by atoms with Crippen LogP contribution in [-0.2, 0) is 0 Å². The van der Waals surface area contributed by atoms with E-state index in [1.807, 2.05) is 54.6 Å². The van der Waals surface area contributed by atoms with Crippen molar-refractivity contribution in [2.75, 3.05) is 26.2 Å². The Balaban J connectivity index is 1.52. The number of rotatable bonds is 6. The second-order valence-corrected chi connectivity index (χ2v) is 9.17. The number of nitrogens with one attached hydrogen (secondary N) is 2. The first-order chi connectivity index (χ1) is 15.0. The number of hydrogen-bond donors (Lipinski definition) is 3. The number of halogens is 2. The van der Waals surface area contributed by atoms with E-state index in [1.54, 1.807) is 0 Å². The van der Waals surface area contributed by atoms with Crippen LogP contribution < -0.4 is 5.32 Å². The van der Waals surface area contributed by atoms with E-state index in [0.29, 0.717) is 17.1 Å². The topological polar surface area (TPSA) is 68.4 Å². The number of amides is 1. The van der Waals surface area contributed by atoms with Crippen molar-refractivity contribution in [1.82, 2.24) is 15.2 Å². The van der Waals surface area contributed by atoms with E-state index in [2.05, 4.69) is 31.1 Å². The van der Waals surface area contributed by atoms with Crippen LogP contribution in [0.3, 0.4) is 0 Å². The average molecular weight is 503 g/mol. The lowest BCUT2D eigenvalue weighted by molar-refractivity contribution is 0.0805. The van der Waals surface area contributed by atoms with Crippen molar-refractivity contribution < 1.29 is 9.90 Å². The van der Waals surface area contributed by atoms with Gasteiger partial charge in [-0.3, -0.25) is 4.79 Å². The molecule has 3 aromatic rings. The van der Waals surface area contributed by atoms with Crippen LogP contribution in [0.15, 0.2) is 46.9 Å². The molecular weight excluding hydrogens is 478 g/mol. The van der Waals surface area contributed by atoms with Gasteiger partial charge >= 0.3 is 0 Å². The van der Waals surface area contributed by atoms with Crippen LogP contribution in [0.25, 0.3) is 23.1 Å². The summed E-state index contributed by atoms with van der Waals surface area (Å²) >= 11 is 9.47. The number of carbonyl (C=O) groups is 1. The van der Waals surface area contributed by atoms with Crippen molar-refractivity contribution >= 4 is 56.5 Å². The summed E-state index contributed by atoms with van der Waals surface area (Å²) in [5.41, 5.74) is 3.31. The number of nitrogens with zero attached hydrogens (tertiary/aromatic N) is 1. The molecule has 2 aromatic carbocycles. The highest BCUT2D eigenvalue weighted by atomic mass is 79.9. The second-order valence-electron chi connectivity index (χ2n) is 7.82. The van der Waals surface area contributed by atoms with Crippen LogP contribution in [0.4, 0.5) is 0 Å². The Labute approximate surface area is 195 Å². The zero-order chi connectivity index (χ0) is 21.8. The van der Waals surface area contributed by atoms with Crippen molar-refractivity contribution in [2.45, 2.75) is 18.9 Å². The van der Waals surface area contributed by atoms with Crippen molar-refractivity contribution in [2.24, 2.45) is 0 Å². The number of fused-ring (bicyclic) bond motifs is 1. The standard InChI is InChI=1S/C24H25BrClN3O2/c25-17-4-7-20-22(15-17)28-21(8-3-16-1-5-18(26)6-2-16)23(20)24(31)27-11-14-29-12-9-19(30)10-13-29/h1-8,15,19,28,30H,9-14H2,(H,27,31)/b8-3+. The first-order valence-corrected chi connectivity index (χ1v) is 11.6. The van der Waals surface area contributed by atoms with Crippen molar-refractivity contribution in [3.8, 4) is 0 Å². The predicted molar refractivity (Wildman–Crippen MR) is 130 cm³/mol. The summed E-state index contributed by atoms with van der Waals surface area (Å²) in [5, 5.41) is 14.3. The summed E-state index contributed by atoms with van der Waals surface area (Å²) in [6, 6.07) is 13.4. The Morgan fingerprint density at radius 1 is 1.19 bits per heavy atom. The Morgan fingerprint density at radius 3 is 2.68 bits per heavy atom. The molecule has 1 amide bonds. The number of hydrogen-bond acceptors (Lipinski definition) is 3. The molecule has 1 fully saturated rings. The molecule has 2 heterocycles. The van der Waals surface area contributed by atoms with Gasteiger partial charge in [0.2, 0.25) is 0 Å². The largest absolute Gasteiger partial charge is 0.393 e. The quantitative estimate of drug-likeness (QED) is 0.447. The molecule has 1 aliphatic heterocycles. The number of aromatic amines is 1. The Bertz CT molecular complexity index is 1090. The number of aliphatic hydroxyl groups excluding tert-OH is 1. The van der Waals surface area contributed by atoms with Crippen molar-refractivity contribution in [3.63, 3.8) is 0 Å². The minimum atomic E-state index is -0.189. The van der Waals surface area contributed by atoms with Crippen LogP contribution in [0.1, 0.15) is 34.5 Å². The SMILES string of the molecule is O=C(NCCN1CCC(O)CC1)c1c(/C=C/c2ccc(Cl)cc2)[nH]c2cc(Br)ccc12. The van der Waals surface area contributed by atoms with Crippen LogP contribution in [0.2, 0.25) is 5.02 Å². The van der Waals surface area contributed by atoms with Gasteiger partial charge in [-0.1, -0.05) is 51.8 Å². The monoisotopic (exact) mass is 501 g/mol. The number of aliphatic hydroxyl groups is 1. The number of carbonyl (C=O) groups excluding carboxylic acids is 1. The zero-order valence-corrected chi connectivity index (χ0v) is 19.4. The van der Waals surface area contributed by atoms with E-state index >= 15 is 0 Å². The van der Waals surface area contributed by atoms with Gasteiger partial charge in [0.05, 0.1) is 17.4 Å². The lowest BCUT2D eigenvalue weighted by Crippen LogP contribution is -2.40. The molecule has 0 bridgehead atoms. The third-order valence-electron chi connectivity index (χ3n) is 5.60. The molecule has 5 nitrogen and oxygen atoms in total. The van der Waals surface area contributed by atoms with Gasteiger partial charge in [-0.25, -0.2) is 0 Å². The van der Waals surface area contributed by atoms with Gasteiger partial charge in [0.15, 0.2) is 0 Å². The van der Waals surface area contributed by atoms with Gasteiger partial charge in [-0.05, 0) is 48.7 Å². The molecule has 7 heteroatoms. The second kappa shape index (κ2) is 10.0. The lowest BCUT2D eigenvalue weighted by atomic mass is 10.1. The molecule has 1 aromatic heterocycles. The minimum Gasteiger partial charge on any atom is -0.393 e. The molecule has 0 aliphatic carbocycles. The minimum absolute atomic E-state index is 0.0960. The Kier molecular flexibility index (Phi) is 7.13. The zero-order valence-electron chi connectivity index (χ0n) is 17.1. The van der Waals surface area contributed by atoms with Crippen LogP contribution in [-0.4, -0.2) is 53.2 Å². The summed E-state index contributed by atoms with van der Waals surface area (Å²) < 4.78 is 0.953. The summed E-state index contributed by atoms with van der Waals surface area (Å²) in [4.78, 5) is 18.8. The molecule has 0 atom stereocenters. The normalized spacial score (nSPS) is 15.7. The van der Waals surface area contributed by atoms with E-state index in [9.17, 15) is 9.90 Å². The van der Waals surface area contributed by atoms with Crippen LogP contribution in [0, 0.1) is 0 Å². The fraction of sp³-hybridized carbons (Fsp3) is 0.292. The molecule has 4 rings (SSSR count). The van der Waals surface area contributed by atoms with E-state index in [4.69, 9.17) is 11.6 Å². The first-order valence-electron chi connectivity index (χ1n) is 10.4. The first kappa shape index (κ1) is 22.1. The molecule has 0 saturated carbocycles. The van der Waals surface area contributed by atoms with Crippen molar-refractivity contribution in [3.05, 3.63) is 68.8 Å².